The van der Waals surface area contributed by atoms with Crippen molar-refractivity contribution in [2.24, 2.45) is 0 Å². The summed E-state index contributed by atoms with van der Waals surface area (Å²) < 4.78 is 3.34. The third-order valence-electron chi connectivity index (χ3n) is 5.15. The zero-order valence-corrected chi connectivity index (χ0v) is 18.5. The van der Waals surface area contributed by atoms with Crippen LogP contribution >= 0.6 is 15.9 Å². The van der Waals surface area contributed by atoms with Crippen LogP contribution in [-0.2, 0) is 17.8 Å². The van der Waals surface area contributed by atoms with Crippen molar-refractivity contribution < 1.29 is 9.90 Å². The molecule has 0 aliphatic heterocycles. The zero-order valence-electron chi connectivity index (χ0n) is 17.0. The summed E-state index contributed by atoms with van der Waals surface area (Å²) in [4.78, 5) is 12.2. The molecule has 156 valence electrons. The van der Waals surface area contributed by atoms with Gasteiger partial charge in [-0.15, -0.1) is 0 Å². The van der Waals surface area contributed by atoms with E-state index in [0.717, 1.165) is 23.0 Å². The van der Waals surface area contributed by atoms with Crippen LogP contribution < -0.4 is 5.32 Å². The van der Waals surface area contributed by atoms with Crippen LogP contribution in [0.2, 0.25) is 0 Å². The fraction of sp³-hybridized carbons (Fsp3) is 0.115. The molecule has 0 atom stereocenters. The highest BCUT2D eigenvalue weighted by atomic mass is 79.9. The Morgan fingerprint density at radius 2 is 1.74 bits per heavy atom. The zero-order chi connectivity index (χ0) is 21.6. The summed E-state index contributed by atoms with van der Waals surface area (Å²) >= 11 is 3.49. The first-order chi connectivity index (χ1) is 15.1. The molecule has 0 radical (unpaired) electrons. The number of nitrogens with one attached hydrogen (secondary N) is 1. The molecule has 0 aliphatic carbocycles. The van der Waals surface area contributed by atoms with Gasteiger partial charge in [0.2, 0.25) is 5.91 Å². The van der Waals surface area contributed by atoms with Crippen LogP contribution in [0, 0.1) is 0 Å². The minimum atomic E-state index is -0.133. The van der Waals surface area contributed by atoms with Crippen molar-refractivity contribution >= 4 is 38.8 Å². The molecule has 0 saturated carbocycles. The number of hydrogen-bond acceptors (Lipinski definition) is 2. The first-order valence-electron chi connectivity index (χ1n) is 10.1. The normalized spacial score (nSPS) is 11.3. The van der Waals surface area contributed by atoms with Gasteiger partial charge in [0.05, 0.1) is 0 Å². The van der Waals surface area contributed by atoms with Crippen molar-refractivity contribution in [3.05, 3.63) is 106 Å². The molecule has 4 aromatic rings. The van der Waals surface area contributed by atoms with Gasteiger partial charge >= 0.3 is 0 Å². The van der Waals surface area contributed by atoms with Crippen LogP contribution in [0.1, 0.15) is 16.7 Å². The van der Waals surface area contributed by atoms with Gasteiger partial charge in [-0.3, -0.25) is 4.79 Å². The number of rotatable bonds is 7. The molecular weight excluding hydrogens is 452 g/mol. The standard InChI is InChI=1S/C26H23BrN2O2/c27-22-10-5-20(6-11-22)17-29-18-21(24-3-1-2-4-25(24)29)15-16-28-26(31)14-9-19-7-12-23(30)13-8-19/h1-14,18,30H,15-17H2,(H,28,31)/b14-9+. The van der Waals surface area contributed by atoms with E-state index < -0.39 is 0 Å². The first kappa shape index (κ1) is 20.9. The van der Waals surface area contributed by atoms with Gasteiger partial charge in [-0.25, -0.2) is 0 Å². The maximum Gasteiger partial charge on any atom is 0.244 e. The number of fused-ring (bicyclic) bond motifs is 1. The Hall–Kier alpha value is -3.31. The predicted octanol–water partition coefficient (Wildman–Crippen LogP) is 5.53. The first-order valence-corrected chi connectivity index (χ1v) is 10.9. The number of aromatic hydroxyl groups is 1. The number of carbonyl (C=O) groups is 1. The Morgan fingerprint density at radius 1 is 1.00 bits per heavy atom. The highest BCUT2D eigenvalue weighted by Gasteiger charge is 2.09. The second-order valence-electron chi connectivity index (χ2n) is 7.39. The molecule has 31 heavy (non-hydrogen) atoms. The molecule has 0 fully saturated rings. The molecule has 0 saturated heterocycles. The molecule has 4 nitrogen and oxygen atoms in total. The molecule has 0 unspecified atom stereocenters. The SMILES string of the molecule is O=C(/C=C/c1ccc(O)cc1)NCCc1cn(Cc2ccc(Br)cc2)c2ccccc12. The number of phenols is 1. The topological polar surface area (TPSA) is 54.3 Å². The average molecular weight is 475 g/mol. The van der Waals surface area contributed by atoms with Crippen LogP contribution in [0.25, 0.3) is 17.0 Å². The number of aromatic nitrogens is 1. The number of hydrogen-bond donors (Lipinski definition) is 2. The molecule has 4 rings (SSSR count). The summed E-state index contributed by atoms with van der Waals surface area (Å²) in [7, 11) is 0. The largest absolute Gasteiger partial charge is 0.508 e. The number of carbonyl (C=O) groups excluding carboxylic acids is 1. The number of halogens is 1. The van der Waals surface area contributed by atoms with E-state index >= 15 is 0 Å². The number of amides is 1. The minimum Gasteiger partial charge on any atom is -0.508 e. The summed E-state index contributed by atoms with van der Waals surface area (Å²) in [5.74, 6) is 0.0765. The average Bonchev–Trinajstić information content (AvgIpc) is 3.12. The van der Waals surface area contributed by atoms with Crippen molar-refractivity contribution in [3.8, 4) is 5.75 Å². The van der Waals surface area contributed by atoms with E-state index in [1.165, 1.54) is 28.1 Å². The van der Waals surface area contributed by atoms with Crippen LogP contribution in [-0.4, -0.2) is 22.1 Å². The molecule has 1 aromatic heterocycles. The number of benzene rings is 3. The van der Waals surface area contributed by atoms with Gasteiger partial charge in [0, 0.05) is 40.7 Å². The third-order valence-corrected chi connectivity index (χ3v) is 5.68. The van der Waals surface area contributed by atoms with Gasteiger partial charge in [-0.1, -0.05) is 58.4 Å². The van der Waals surface area contributed by atoms with Gasteiger partial charge < -0.3 is 15.0 Å². The van der Waals surface area contributed by atoms with Crippen LogP contribution in [0.5, 0.6) is 5.75 Å². The third kappa shape index (κ3) is 5.44. The summed E-state index contributed by atoms with van der Waals surface area (Å²) in [6, 6.07) is 23.5. The number of nitrogens with zero attached hydrogens (tertiary/aromatic N) is 1. The lowest BCUT2D eigenvalue weighted by Crippen LogP contribution is -2.23. The van der Waals surface area contributed by atoms with Crippen LogP contribution in [0.15, 0.2) is 89.5 Å². The Balaban J connectivity index is 1.40. The molecule has 0 bridgehead atoms. The smallest absolute Gasteiger partial charge is 0.244 e. The van der Waals surface area contributed by atoms with E-state index in [9.17, 15) is 9.90 Å². The summed E-state index contributed by atoms with van der Waals surface area (Å²) in [6.07, 6.45) is 6.19. The Kier molecular flexibility index (Phi) is 6.53. The van der Waals surface area contributed by atoms with E-state index in [1.807, 2.05) is 0 Å². The van der Waals surface area contributed by atoms with Crippen LogP contribution in [0.4, 0.5) is 0 Å². The quantitative estimate of drug-likeness (QED) is 0.346. The molecular formula is C26H23BrN2O2. The summed E-state index contributed by atoms with van der Waals surface area (Å²) in [6.45, 7) is 1.36. The molecule has 3 aromatic carbocycles. The van der Waals surface area contributed by atoms with E-state index in [-0.39, 0.29) is 11.7 Å². The second kappa shape index (κ2) is 9.67. The summed E-state index contributed by atoms with van der Waals surface area (Å²) in [5.41, 5.74) is 4.52. The van der Waals surface area contributed by atoms with Gasteiger partial charge in [0.1, 0.15) is 5.75 Å². The van der Waals surface area contributed by atoms with E-state index in [0.29, 0.717) is 6.54 Å². The predicted molar refractivity (Wildman–Crippen MR) is 129 cm³/mol. The molecule has 0 aliphatic rings. The lowest BCUT2D eigenvalue weighted by Gasteiger charge is -2.05. The highest BCUT2D eigenvalue weighted by Crippen LogP contribution is 2.23. The van der Waals surface area contributed by atoms with E-state index in [4.69, 9.17) is 0 Å². The molecule has 1 heterocycles. The minimum absolute atomic E-state index is 0.133. The van der Waals surface area contributed by atoms with Gasteiger partial charge in [-0.05, 0) is 59.5 Å². The highest BCUT2D eigenvalue weighted by molar-refractivity contribution is 9.10. The molecule has 0 spiro atoms. The molecule has 2 N–H and O–H groups in total. The number of phenolic OH excluding ortho intramolecular Hbond substituents is 1. The Morgan fingerprint density at radius 3 is 2.52 bits per heavy atom. The monoisotopic (exact) mass is 474 g/mol. The Labute approximate surface area is 190 Å². The lowest BCUT2D eigenvalue weighted by atomic mass is 10.1. The van der Waals surface area contributed by atoms with Crippen LogP contribution in [0.3, 0.4) is 0 Å². The van der Waals surface area contributed by atoms with E-state index in [2.05, 4.69) is 80.5 Å². The van der Waals surface area contributed by atoms with Gasteiger partial charge in [0.25, 0.3) is 0 Å². The maximum absolute atomic E-state index is 12.2. The fourth-order valence-electron chi connectivity index (χ4n) is 3.58. The van der Waals surface area contributed by atoms with Crippen molar-refractivity contribution in [2.75, 3.05) is 6.54 Å². The molecule has 1 amide bonds. The summed E-state index contributed by atoms with van der Waals surface area (Å²) in [5, 5.41) is 13.5. The number of para-hydroxylation sites is 1. The van der Waals surface area contributed by atoms with Crippen molar-refractivity contribution in [1.29, 1.82) is 0 Å². The van der Waals surface area contributed by atoms with Crippen molar-refractivity contribution in [3.63, 3.8) is 0 Å². The van der Waals surface area contributed by atoms with Crippen molar-refractivity contribution in [2.45, 2.75) is 13.0 Å². The fourth-order valence-corrected chi connectivity index (χ4v) is 3.84. The second-order valence-corrected chi connectivity index (χ2v) is 8.31. The maximum atomic E-state index is 12.2. The van der Waals surface area contributed by atoms with Gasteiger partial charge in [-0.2, -0.15) is 0 Å². The lowest BCUT2D eigenvalue weighted by molar-refractivity contribution is -0.116. The molecule has 5 heteroatoms. The van der Waals surface area contributed by atoms with Gasteiger partial charge in [0.15, 0.2) is 0 Å². The van der Waals surface area contributed by atoms with E-state index in [1.54, 1.807) is 30.3 Å². The Bertz CT molecular complexity index is 1210. The van der Waals surface area contributed by atoms with Crippen molar-refractivity contribution in [1.82, 2.24) is 9.88 Å².